The maximum Gasteiger partial charge on any atom is 0.343 e. The Morgan fingerprint density at radius 3 is 2.95 bits per heavy atom. The molecule has 7 nitrogen and oxygen atoms in total. The second-order valence-electron chi connectivity index (χ2n) is 4.36. The number of ether oxygens (including phenoxy) is 1. The molecule has 0 aliphatic carbocycles. The standard InChI is InChI=1S/C12H16N4O3/c1-19-12(18)8-6-14-7-15-11(8)16-5-3-2-4-9(16)10(13)17/h6-7,9H,2-5H2,1H3,(H2,13,17). The Labute approximate surface area is 110 Å². The van der Waals surface area contributed by atoms with Crippen LogP contribution in [0.15, 0.2) is 12.5 Å². The van der Waals surface area contributed by atoms with Gasteiger partial charge >= 0.3 is 5.97 Å². The van der Waals surface area contributed by atoms with Gasteiger partial charge in [-0.1, -0.05) is 0 Å². The molecule has 7 heteroatoms. The van der Waals surface area contributed by atoms with Gasteiger partial charge in [-0.2, -0.15) is 0 Å². The summed E-state index contributed by atoms with van der Waals surface area (Å²) >= 11 is 0. The second kappa shape index (κ2) is 5.64. The molecular formula is C12H16N4O3. The normalized spacial score (nSPS) is 19.0. The van der Waals surface area contributed by atoms with Gasteiger partial charge in [-0.3, -0.25) is 4.79 Å². The Morgan fingerprint density at radius 2 is 2.26 bits per heavy atom. The van der Waals surface area contributed by atoms with E-state index in [-0.39, 0.29) is 5.56 Å². The number of esters is 1. The lowest BCUT2D eigenvalue weighted by molar-refractivity contribution is -0.119. The summed E-state index contributed by atoms with van der Waals surface area (Å²) in [5.74, 6) is -0.524. The number of nitrogens with zero attached hydrogens (tertiary/aromatic N) is 3. The third kappa shape index (κ3) is 2.64. The van der Waals surface area contributed by atoms with Crippen LogP contribution in [0, 0.1) is 0 Å². The third-order valence-electron chi connectivity index (χ3n) is 3.20. The van der Waals surface area contributed by atoms with Gasteiger partial charge in [0, 0.05) is 12.7 Å². The van der Waals surface area contributed by atoms with Crippen molar-refractivity contribution in [2.45, 2.75) is 25.3 Å². The lowest BCUT2D eigenvalue weighted by atomic mass is 10.0. The molecule has 1 atom stereocenters. The van der Waals surface area contributed by atoms with Crippen molar-refractivity contribution in [1.29, 1.82) is 0 Å². The van der Waals surface area contributed by atoms with Crippen LogP contribution in [0.4, 0.5) is 5.82 Å². The molecule has 19 heavy (non-hydrogen) atoms. The Hall–Kier alpha value is -2.18. The number of piperidine rings is 1. The molecule has 1 aromatic rings. The van der Waals surface area contributed by atoms with Crippen LogP contribution in [0.25, 0.3) is 0 Å². The molecule has 2 rings (SSSR count). The highest BCUT2D eigenvalue weighted by molar-refractivity contribution is 5.95. The smallest absolute Gasteiger partial charge is 0.343 e. The molecule has 0 aromatic carbocycles. The number of anilines is 1. The van der Waals surface area contributed by atoms with Crippen LogP contribution in [-0.4, -0.2) is 41.5 Å². The van der Waals surface area contributed by atoms with Crippen LogP contribution in [-0.2, 0) is 9.53 Å². The quantitative estimate of drug-likeness (QED) is 0.778. The van der Waals surface area contributed by atoms with Gasteiger partial charge in [0.25, 0.3) is 0 Å². The fourth-order valence-corrected chi connectivity index (χ4v) is 2.29. The van der Waals surface area contributed by atoms with E-state index in [1.165, 1.54) is 19.6 Å². The summed E-state index contributed by atoms with van der Waals surface area (Å²) < 4.78 is 4.70. The lowest BCUT2D eigenvalue weighted by Crippen LogP contribution is -2.48. The molecule has 1 saturated heterocycles. The van der Waals surface area contributed by atoms with Crippen molar-refractivity contribution in [1.82, 2.24) is 9.97 Å². The number of primary amides is 1. The molecule has 102 valence electrons. The minimum atomic E-state index is -0.524. The minimum absolute atomic E-state index is 0.248. The molecule has 0 saturated carbocycles. The summed E-state index contributed by atoms with van der Waals surface area (Å²) in [5, 5.41) is 0. The van der Waals surface area contributed by atoms with Crippen molar-refractivity contribution in [3.05, 3.63) is 18.1 Å². The first-order chi connectivity index (χ1) is 9.15. The van der Waals surface area contributed by atoms with Crippen LogP contribution < -0.4 is 10.6 Å². The van der Waals surface area contributed by atoms with Gasteiger partial charge in [0.1, 0.15) is 23.8 Å². The van der Waals surface area contributed by atoms with Gasteiger partial charge in [0.2, 0.25) is 5.91 Å². The van der Waals surface area contributed by atoms with Crippen LogP contribution in [0.3, 0.4) is 0 Å². The molecule has 0 spiro atoms. The second-order valence-corrected chi connectivity index (χ2v) is 4.36. The highest BCUT2D eigenvalue weighted by Crippen LogP contribution is 2.25. The number of hydrogen-bond acceptors (Lipinski definition) is 6. The average molecular weight is 264 g/mol. The molecule has 0 bridgehead atoms. The Balaban J connectivity index is 2.39. The molecule has 1 aliphatic rings. The molecule has 1 amide bonds. The number of methoxy groups -OCH3 is 1. The number of amides is 1. The highest BCUT2D eigenvalue weighted by atomic mass is 16.5. The largest absolute Gasteiger partial charge is 0.465 e. The summed E-state index contributed by atoms with van der Waals surface area (Å²) in [6.07, 6.45) is 5.26. The number of nitrogens with two attached hydrogens (primary N) is 1. The van der Waals surface area contributed by atoms with E-state index in [0.29, 0.717) is 18.8 Å². The first kappa shape index (κ1) is 13.3. The fourth-order valence-electron chi connectivity index (χ4n) is 2.29. The molecule has 1 aliphatic heterocycles. The summed E-state index contributed by atoms with van der Waals surface area (Å²) in [7, 11) is 1.29. The zero-order valence-corrected chi connectivity index (χ0v) is 10.7. The van der Waals surface area contributed by atoms with Crippen molar-refractivity contribution in [3.8, 4) is 0 Å². The molecule has 2 N–H and O–H groups in total. The van der Waals surface area contributed by atoms with E-state index in [0.717, 1.165) is 12.8 Å². The average Bonchev–Trinajstić information content (AvgIpc) is 2.46. The van der Waals surface area contributed by atoms with Gasteiger partial charge in [-0.15, -0.1) is 0 Å². The van der Waals surface area contributed by atoms with Gasteiger partial charge in [0.05, 0.1) is 7.11 Å². The first-order valence-corrected chi connectivity index (χ1v) is 6.09. The topological polar surface area (TPSA) is 98.4 Å². The summed E-state index contributed by atoms with van der Waals surface area (Å²) in [6, 6.07) is -0.438. The molecular weight excluding hydrogens is 248 g/mol. The van der Waals surface area contributed by atoms with E-state index < -0.39 is 17.9 Å². The zero-order chi connectivity index (χ0) is 13.8. The number of aromatic nitrogens is 2. The van der Waals surface area contributed by atoms with Crippen molar-refractivity contribution in [2.75, 3.05) is 18.6 Å². The molecule has 1 aromatic heterocycles. The lowest BCUT2D eigenvalue weighted by Gasteiger charge is -2.35. The summed E-state index contributed by atoms with van der Waals surface area (Å²) in [6.45, 7) is 0.634. The van der Waals surface area contributed by atoms with Crippen molar-refractivity contribution >= 4 is 17.7 Å². The monoisotopic (exact) mass is 264 g/mol. The highest BCUT2D eigenvalue weighted by Gasteiger charge is 2.30. The Kier molecular flexibility index (Phi) is 3.94. The fraction of sp³-hybridized carbons (Fsp3) is 0.500. The third-order valence-corrected chi connectivity index (χ3v) is 3.20. The maximum atomic E-state index is 11.7. The molecule has 1 fully saturated rings. The number of carbonyl (C=O) groups is 2. The van der Waals surface area contributed by atoms with E-state index in [9.17, 15) is 9.59 Å². The Morgan fingerprint density at radius 1 is 1.47 bits per heavy atom. The van der Waals surface area contributed by atoms with E-state index in [2.05, 4.69) is 9.97 Å². The van der Waals surface area contributed by atoms with Crippen molar-refractivity contribution < 1.29 is 14.3 Å². The van der Waals surface area contributed by atoms with Gasteiger partial charge < -0.3 is 15.4 Å². The minimum Gasteiger partial charge on any atom is -0.465 e. The number of hydrogen-bond donors (Lipinski definition) is 1. The molecule has 2 heterocycles. The maximum absolute atomic E-state index is 11.7. The number of rotatable bonds is 3. The van der Waals surface area contributed by atoms with Crippen LogP contribution >= 0.6 is 0 Å². The van der Waals surface area contributed by atoms with Gasteiger partial charge in [-0.25, -0.2) is 14.8 Å². The SMILES string of the molecule is COC(=O)c1cncnc1N1CCCCC1C(N)=O. The number of carbonyl (C=O) groups excluding carboxylic acids is 2. The first-order valence-electron chi connectivity index (χ1n) is 6.09. The zero-order valence-electron chi connectivity index (χ0n) is 10.7. The summed E-state index contributed by atoms with van der Waals surface area (Å²) in [4.78, 5) is 32.9. The van der Waals surface area contributed by atoms with E-state index in [1.54, 1.807) is 4.90 Å². The molecule has 0 radical (unpaired) electrons. The van der Waals surface area contributed by atoms with Gasteiger partial charge in [0.15, 0.2) is 0 Å². The summed E-state index contributed by atoms with van der Waals surface area (Å²) in [5.41, 5.74) is 5.66. The van der Waals surface area contributed by atoms with Crippen LogP contribution in [0.5, 0.6) is 0 Å². The van der Waals surface area contributed by atoms with Gasteiger partial charge in [-0.05, 0) is 19.3 Å². The van der Waals surface area contributed by atoms with Crippen LogP contribution in [0.1, 0.15) is 29.6 Å². The van der Waals surface area contributed by atoms with E-state index >= 15 is 0 Å². The predicted molar refractivity (Wildman–Crippen MR) is 67.6 cm³/mol. The van der Waals surface area contributed by atoms with Crippen LogP contribution in [0.2, 0.25) is 0 Å². The van der Waals surface area contributed by atoms with Crippen molar-refractivity contribution in [3.63, 3.8) is 0 Å². The van der Waals surface area contributed by atoms with E-state index in [4.69, 9.17) is 10.5 Å². The van der Waals surface area contributed by atoms with E-state index in [1.807, 2.05) is 0 Å². The predicted octanol–water partition coefficient (Wildman–Crippen LogP) is 0.107. The Bertz CT molecular complexity index is 492. The van der Waals surface area contributed by atoms with Crippen molar-refractivity contribution in [2.24, 2.45) is 5.73 Å². The molecule has 1 unspecified atom stereocenters.